The first-order chi connectivity index (χ1) is 9.34. The van der Waals surface area contributed by atoms with Crippen LogP contribution >= 0.6 is 0 Å². The molecule has 2 aromatic carbocycles. The zero-order valence-corrected chi connectivity index (χ0v) is 10.8. The smallest absolute Gasteiger partial charge is 0.0169 e. The highest BCUT2D eigenvalue weighted by Gasteiger charge is 2.16. The van der Waals surface area contributed by atoms with E-state index in [1.165, 1.54) is 11.1 Å². The van der Waals surface area contributed by atoms with Gasteiger partial charge in [-0.3, -0.25) is 0 Å². The van der Waals surface area contributed by atoms with Crippen molar-refractivity contribution in [2.75, 3.05) is 0 Å². The second-order valence-electron chi connectivity index (χ2n) is 4.89. The van der Waals surface area contributed by atoms with Crippen molar-refractivity contribution in [3.8, 4) is 0 Å². The molecule has 0 bridgehead atoms. The molecule has 1 unspecified atom stereocenters. The van der Waals surface area contributed by atoms with Crippen molar-refractivity contribution < 1.29 is 0 Å². The summed E-state index contributed by atoms with van der Waals surface area (Å²) in [5.74, 6) is 0.397. The van der Waals surface area contributed by atoms with Gasteiger partial charge in [0.15, 0.2) is 0 Å². The van der Waals surface area contributed by atoms with E-state index in [0.717, 1.165) is 17.7 Å². The lowest BCUT2D eigenvalue weighted by Crippen LogP contribution is -2.10. The molecule has 0 saturated carbocycles. The van der Waals surface area contributed by atoms with Crippen LogP contribution in [0, 0.1) is 0 Å². The largest absolute Gasteiger partial charge is 0.402 e. The molecule has 0 heterocycles. The maximum atomic E-state index is 6.27. The third kappa shape index (κ3) is 2.45. The molecule has 0 amide bonds. The predicted octanol–water partition coefficient (Wildman–Crippen LogP) is 4.10. The lowest BCUT2D eigenvalue weighted by Gasteiger charge is -2.20. The molecule has 19 heavy (non-hydrogen) atoms. The average molecular weight is 247 g/mol. The Hall–Kier alpha value is -2.28. The predicted molar refractivity (Wildman–Crippen MR) is 80.5 cm³/mol. The SMILES string of the molecule is NC1=C(c2ccccc2)C=CC(c2ccccc2)C1. The molecule has 1 aliphatic carbocycles. The van der Waals surface area contributed by atoms with Gasteiger partial charge in [0.25, 0.3) is 0 Å². The van der Waals surface area contributed by atoms with Gasteiger partial charge in [0.05, 0.1) is 0 Å². The standard InChI is InChI=1S/C18H17N/c19-18-13-16(14-7-3-1-4-8-14)11-12-17(18)15-9-5-2-6-10-15/h1-12,16H,13,19H2. The Kier molecular flexibility index (Phi) is 3.20. The Morgan fingerprint density at radius 1 is 0.842 bits per heavy atom. The number of hydrogen-bond acceptors (Lipinski definition) is 1. The Balaban J connectivity index is 1.88. The van der Waals surface area contributed by atoms with E-state index < -0.39 is 0 Å². The summed E-state index contributed by atoms with van der Waals surface area (Å²) in [5.41, 5.74) is 10.9. The van der Waals surface area contributed by atoms with E-state index in [0.29, 0.717) is 5.92 Å². The van der Waals surface area contributed by atoms with Crippen molar-refractivity contribution in [3.05, 3.63) is 89.6 Å². The van der Waals surface area contributed by atoms with Gasteiger partial charge in [-0.2, -0.15) is 0 Å². The number of hydrogen-bond donors (Lipinski definition) is 1. The molecular formula is C18H17N. The minimum absolute atomic E-state index is 0.397. The first-order valence-corrected chi connectivity index (χ1v) is 6.62. The van der Waals surface area contributed by atoms with Gasteiger partial charge in [0, 0.05) is 17.2 Å². The molecule has 0 saturated heterocycles. The summed E-state index contributed by atoms with van der Waals surface area (Å²) in [5, 5.41) is 0. The fourth-order valence-electron chi connectivity index (χ4n) is 2.56. The van der Waals surface area contributed by atoms with Crippen molar-refractivity contribution in [1.29, 1.82) is 0 Å². The number of nitrogens with two attached hydrogens (primary N) is 1. The lowest BCUT2D eigenvalue weighted by molar-refractivity contribution is 0.808. The molecule has 94 valence electrons. The van der Waals surface area contributed by atoms with Crippen molar-refractivity contribution in [3.63, 3.8) is 0 Å². The molecule has 1 nitrogen and oxygen atoms in total. The van der Waals surface area contributed by atoms with Gasteiger partial charge in [-0.25, -0.2) is 0 Å². The third-order valence-electron chi connectivity index (χ3n) is 3.59. The molecule has 2 N–H and O–H groups in total. The van der Waals surface area contributed by atoms with E-state index in [4.69, 9.17) is 5.73 Å². The zero-order chi connectivity index (χ0) is 13.1. The van der Waals surface area contributed by atoms with Crippen LogP contribution in [0.25, 0.3) is 5.57 Å². The third-order valence-corrected chi connectivity index (χ3v) is 3.59. The molecule has 0 aromatic heterocycles. The minimum atomic E-state index is 0.397. The summed E-state index contributed by atoms with van der Waals surface area (Å²) in [4.78, 5) is 0. The summed E-state index contributed by atoms with van der Waals surface area (Å²) in [6.07, 6.45) is 5.31. The number of allylic oxidation sites excluding steroid dienone is 4. The van der Waals surface area contributed by atoms with E-state index in [1.807, 2.05) is 24.3 Å². The van der Waals surface area contributed by atoms with Crippen molar-refractivity contribution >= 4 is 5.57 Å². The van der Waals surface area contributed by atoms with Crippen LogP contribution < -0.4 is 5.73 Å². The molecular weight excluding hydrogens is 230 g/mol. The average Bonchev–Trinajstić information content (AvgIpc) is 2.49. The van der Waals surface area contributed by atoms with Crippen LogP contribution in [0.2, 0.25) is 0 Å². The lowest BCUT2D eigenvalue weighted by atomic mass is 9.86. The molecule has 0 fully saturated rings. The monoisotopic (exact) mass is 247 g/mol. The normalized spacial score (nSPS) is 18.6. The summed E-state index contributed by atoms with van der Waals surface area (Å²) in [6.45, 7) is 0. The Labute approximate surface area is 114 Å². The maximum absolute atomic E-state index is 6.27. The van der Waals surface area contributed by atoms with Crippen LogP contribution in [0.1, 0.15) is 23.5 Å². The highest BCUT2D eigenvalue weighted by molar-refractivity contribution is 5.77. The van der Waals surface area contributed by atoms with E-state index >= 15 is 0 Å². The molecule has 1 heteroatoms. The summed E-state index contributed by atoms with van der Waals surface area (Å²) in [7, 11) is 0. The minimum Gasteiger partial charge on any atom is -0.402 e. The Morgan fingerprint density at radius 2 is 1.47 bits per heavy atom. The zero-order valence-electron chi connectivity index (χ0n) is 10.8. The molecule has 0 aliphatic heterocycles. The second-order valence-corrected chi connectivity index (χ2v) is 4.89. The highest BCUT2D eigenvalue weighted by atomic mass is 14.6. The first-order valence-electron chi connectivity index (χ1n) is 6.62. The van der Waals surface area contributed by atoms with Gasteiger partial charge in [0.2, 0.25) is 0 Å². The molecule has 0 spiro atoms. The molecule has 1 aliphatic rings. The van der Waals surface area contributed by atoms with E-state index in [2.05, 4.69) is 48.6 Å². The fraction of sp³-hybridized carbons (Fsp3) is 0.111. The van der Waals surface area contributed by atoms with Crippen molar-refractivity contribution in [1.82, 2.24) is 0 Å². The van der Waals surface area contributed by atoms with Crippen LogP contribution in [0.5, 0.6) is 0 Å². The van der Waals surface area contributed by atoms with Gasteiger partial charge in [0.1, 0.15) is 0 Å². The van der Waals surface area contributed by atoms with Crippen LogP contribution in [-0.2, 0) is 0 Å². The topological polar surface area (TPSA) is 26.0 Å². The summed E-state index contributed by atoms with van der Waals surface area (Å²) in [6, 6.07) is 20.9. The van der Waals surface area contributed by atoms with Crippen molar-refractivity contribution in [2.45, 2.75) is 12.3 Å². The first kappa shape index (κ1) is 11.8. The van der Waals surface area contributed by atoms with E-state index in [9.17, 15) is 0 Å². The highest BCUT2D eigenvalue weighted by Crippen LogP contribution is 2.32. The van der Waals surface area contributed by atoms with E-state index in [-0.39, 0.29) is 0 Å². The van der Waals surface area contributed by atoms with Crippen molar-refractivity contribution in [2.24, 2.45) is 5.73 Å². The summed E-state index contributed by atoms with van der Waals surface area (Å²) < 4.78 is 0. The second kappa shape index (κ2) is 5.15. The van der Waals surface area contributed by atoms with Crippen LogP contribution in [0.3, 0.4) is 0 Å². The van der Waals surface area contributed by atoms with Gasteiger partial charge in [-0.15, -0.1) is 0 Å². The molecule has 0 radical (unpaired) electrons. The maximum Gasteiger partial charge on any atom is 0.0169 e. The molecule has 1 atom stereocenters. The van der Waals surface area contributed by atoms with Crippen LogP contribution in [0.15, 0.2) is 78.5 Å². The Bertz CT molecular complexity index is 609. The van der Waals surface area contributed by atoms with E-state index in [1.54, 1.807) is 0 Å². The van der Waals surface area contributed by atoms with Gasteiger partial charge < -0.3 is 5.73 Å². The number of rotatable bonds is 2. The molecule has 2 aromatic rings. The quantitative estimate of drug-likeness (QED) is 0.849. The van der Waals surface area contributed by atoms with Crippen LogP contribution in [0.4, 0.5) is 0 Å². The summed E-state index contributed by atoms with van der Waals surface area (Å²) >= 11 is 0. The molecule has 3 rings (SSSR count). The fourth-order valence-corrected chi connectivity index (χ4v) is 2.56. The van der Waals surface area contributed by atoms with Gasteiger partial charge >= 0.3 is 0 Å². The Morgan fingerprint density at radius 3 is 2.11 bits per heavy atom. The van der Waals surface area contributed by atoms with Gasteiger partial charge in [-0.05, 0) is 17.5 Å². The number of benzene rings is 2. The van der Waals surface area contributed by atoms with Crippen LogP contribution in [-0.4, -0.2) is 0 Å². The van der Waals surface area contributed by atoms with Gasteiger partial charge in [-0.1, -0.05) is 72.8 Å².